The van der Waals surface area contributed by atoms with E-state index in [1.165, 1.54) is 6.08 Å². The monoisotopic (exact) mass is 484 g/mol. The Morgan fingerprint density at radius 2 is 2.25 bits per heavy atom. The van der Waals surface area contributed by atoms with Gasteiger partial charge in [0, 0.05) is 19.2 Å². The molecular formula is C26H24N6O4. The lowest BCUT2D eigenvalue weighted by Crippen LogP contribution is -2.34. The van der Waals surface area contributed by atoms with Crippen molar-refractivity contribution in [2.24, 2.45) is 0 Å². The molecule has 36 heavy (non-hydrogen) atoms. The predicted octanol–water partition coefficient (Wildman–Crippen LogP) is 4.06. The van der Waals surface area contributed by atoms with Crippen LogP contribution in [0, 0.1) is 0 Å². The van der Waals surface area contributed by atoms with Crippen molar-refractivity contribution in [2.45, 2.75) is 38.3 Å². The number of nitrogens with zero attached hydrogens (tertiary/aromatic N) is 5. The fraction of sp³-hybridized carbons (Fsp3) is 0.269. The van der Waals surface area contributed by atoms with E-state index in [9.17, 15) is 4.79 Å². The summed E-state index contributed by atoms with van der Waals surface area (Å²) in [5.41, 5.74) is 3.59. The van der Waals surface area contributed by atoms with Gasteiger partial charge in [-0.15, -0.1) is 10.2 Å². The van der Waals surface area contributed by atoms with Crippen LogP contribution in [0.2, 0.25) is 0 Å². The summed E-state index contributed by atoms with van der Waals surface area (Å²) in [4.78, 5) is 19.2. The Hall–Kier alpha value is -4.47. The lowest BCUT2D eigenvalue weighted by atomic mass is 9.96. The Kier molecular flexibility index (Phi) is 5.90. The second-order valence-corrected chi connectivity index (χ2v) is 8.79. The van der Waals surface area contributed by atoms with Crippen LogP contribution in [0.1, 0.15) is 47.2 Å². The molecule has 10 heteroatoms. The van der Waals surface area contributed by atoms with E-state index < -0.39 is 0 Å². The molecule has 182 valence electrons. The van der Waals surface area contributed by atoms with Crippen molar-refractivity contribution in [3.8, 4) is 17.1 Å². The molecule has 1 N–H and O–H groups in total. The van der Waals surface area contributed by atoms with Gasteiger partial charge in [0.05, 0.1) is 17.7 Å². The fourth-order valence-corrected chi connectivity index (χ4v) is 4.54. The number of hydrogen-bond donors (Lipinski definition) is 1. The van der Waals surface area contributed by atoms with Crippen molar-refractivity contribution in [2.75, 3.05) is 6.54 Å². The van der Waals surface area contributed by atoms with Gasteiger partial charge in [-0.1, -0.05) is 12.2 Å². The van der Waals surface area contributed by atoms with Gasteiger partial charge in [-0.3, -0.25) is 4.79 Å². The number of oxazole rings is 1. The Morgan fingerprint density at radius 1 is 1.28 bits per heavy atom. The van der Waals surface area contributed by atoms with E-state index in [0.717, 1.165) is 29.5 Å². The van der Waals surface area contributed by atoms with E-state index in [1.54, 1.807) is 35.6 Å². The van der Waals surface area contributed by atoms with Crippen molar-refractivity contribution in [3.05, 3.63) is 83.5 Å². The lowest BCUT2D eigenvalue weighted by Gasteiger charge is -2.29. The third kappa shape index (κ3) is 4.57. The van der Waals surface area contributed by atoms with Gasteiger partial charge < -0.3 is 18.5 Å². The number of fused-ring (bicyclic) bond motifs is 1. The van der Waals surface area contributed by atoms with Gasteiger partial charge in [-0.05, 0) is 65.9 Å². The second-order valence-electron chi connectivity index (χ2n) is 8.79. The standard InChI is InChI=1S/C26H24N6O4/c33-24(8-7-21-6-3-11-34-21)32-10-9-18-12-22(25-28-30-31-29-25)23(13-19(18)14-32)35-15-20-16-36-26(27-20)17-4-1-2-5-17/h1,3-4,6-8,11-13,16-17H,2,5,9-10,14-15H2,(H,28,29,30,31)/b8-7+. The highest BCUT2D eigenvalue weighted by atomic mass is 16.5. The Bertz CT molecular complexity index is 1400. The Labute approximate surface area is 206 Å². The maximum absolute atomic E-state index is 12.8. The lowest BCUT2D eigenvalue weighted by molar-refractivity contribution is -0.126. The average molecular weight is 485 g/mol. The number of amides is 1. The molecule has 0 radical (unpaired) electrons. The summed E-state index contributed by atoms with van der Waals surface area (Å²) >= 11 is 0. The van der Waals surface area contributed by atoms with Crippen LogP contribution in [0.3, 0.4) is 0 Å². The molecule has 4 heterocycles. The molecule has 0 bridgehead atoms. The molecule has 4 aromatic rings. The molecule has 1 unspecified atom stereocenters. The summed E-state index contributed by atoms with van der Waals surface area (Å²) in [5, 5.41) is 14.5. The molecule has 0 spiro atoms. The highest BCUT2D eigenvalue weighted by Gasteiger charge is 2.24. The van der Waals surface area contributed by atoms with Gasteiger partial charge in [0.25, 0.3) is 0 Å². The highest BCUT2D eigenvalue weighted by molar-refractivity contribution is 5.91. The van der Waals surface area contributed by atoms with E-state index in [0.29, 0.717) is 48.4 Å². The molecular weight excluding hydrogens is 460 g/mol. The highest BCUT2D eigenvalue weighted by Crippen LogP contribution is 2.34. The van der Waals surface area contributed by atoms with Crippen LogP contribution < -0.4 is 4.74 Å². The summed E-state index contributed by atoms with van der Waals surface area (Å²) in [6.07, 6.45) is 13.5. The number of tetrazole rings is 1. The zero-order valence-electron chi connectivity index (χ0n) is 19.5. The molecule has 1 aliphatic carbocycles. The first kappa shape index (κ1) is 22.0. The van der Waals surface area contributed by atoms with Gasteiger partial charge in [0.2, 0.25) is 17.6 Å². The Morgan fingerprint density at radius 3 is 3.06 bits per heavy atom. The van der Waals surface area contributed by atoms with Crippen LogP contribution in [-0.2, 0) is 24.4 Å². The molecule has 2 aliphatic rings. The third-order valence-corrected chi connectivity index (χ3v) is 6.42. The van der Waals surface area contributed by atoms with Crippen LogP contribution >= 0.6 is 0 Å². The molecule has 6 rings (SSSR count). The largest absolute Gasteiger partial charge is 0.486 e. The quantitative estimate of drug-likeness (QED) is 0.308. The van der Waals surface area contributed by atoms with Crippen molar-refractivity contribution >= 4 is 12.0 Å². The van der Waals surface area contributed by atoms with E-state index in [-0.39, 0.29) is 18.4 Å². The van der Waals surface area contributed by atoms with Crippen molar-refractivity contribution in [1.29, 1.82) is 0 Å². The minimum atomic E-state index is -0.0714. The number of ether oxygens (including phenoxy) is 1. The molecule has 0 saturated carbocycles. The molecule has 0 fully saturated rings. The number of hydrogen-bond acceptors (Lipinski definition) is 8. The first-order valence-electron chi connectivity index (χ1n) is 11.9. The number of benzene rings is 1. The molecule has 10 nitrogen and oxygen atoms in total. The SMILES string of the molecule is O=C(/C=C/c1ccco1)N1CCc2cc(-c3nn[nH]n3)c(OCc3coc(C4C=CCC4)n3)cc2C1. The van der Waals surface area contributed by atoms with Crippen molar-refractivity contribution in [1.82, 2.24) is 30.5 Å². The van der Waals surface area contributed by atoms with Crippen LogP contribution in [0.4, 0.5) is 0 Å². The zero-order valence-corrected chi connectivity index (χ0v) is 19.5. The van der Waals surface area contributed by atoms with E-state index in [1.807, 2.05) is 12.1 Å². The van der Waals surface area contributed by atoms with Crippen LogP contribution in [0.5, 0.6) is 5.75 Å². The summed E-state index contributed by atoms with van der Waals surface area (Å²) in [5.74, 6) is 2.55. The van der Waals surface area contributed by atoms with Crippen molar-refractivity contribution < 1.29 is 18.4 Å². The average Bonchev–Trinajstić information content (AvgIpc) is 3.71. The minimum Gasteiger partial charge on any atom is -0.486 e. The maximum atomic E-state index is 12.8. The smallest absolute Gasteiger partial charge is 0.246 e. The summed E-state index contributed by atoms with van der Waals surface area (Å²) < 4.78 is 17.1. The molecule has 1 aliphatic heterocycles. The summed E-state index contributed by atoms with van der Waals surface area (Å²) in [6.45, 7) is 1.32. The number of aromatic amines is 1. The fourth-order valence-electron chi connectivity index (χ4n) is 4.54. The molecule has 1 atom stereocenters. The van der Waals surface area contributed by atoms with Crippen LogP contribution in [-0.4, -0.2) is 43.0 Å². The molecule has 1 aromatic carbocycles. The summed E-state index contributed by atoms with van der Waals surface area (Å²) in [6, 6.07) is 7.57. The number of carbonyl (C=O) groups is 1. The van der Waals surface area contributed by atoms with Gasteiger partial charge in [-0.2, -0.15) is 5.21 Å². The topological polar surface area (TPSA) is 123 Å². The van der Waals surface area contributed by atoms with Crippen molar-refractivity contribution in [3.63, 3.8) is 0 Å². The van der Waals surface area contributed by atoms with Crippen LogP contribution in [0.15, 0.2) is 63.9 Å². The van der Waals surface area contributed by atoms with Gasteiger partial charge in [0.1, 0.15) is 30.1 Å². The second kappa shape index (κ2) is 9.65. The van der Waals surface area contributed by atoms with Gasteiger partial charge >= 0.3 is 0 Å². The maximum Gasteiger partial charge on any atom is 0.246 e. The normalized spacial score (nSPS) is 17.1. The molecule has 0 saturated heterocycles. The van der Waals surface area contributed by atoms with Gasteiger partial charge in [0.15, 0.2) is 0 Å². The number of H-pyrrole nitrogens is 1. The molecule has 1 amide bonds. The third-order valence-electron chi connectivity index (χ3n) is 6.42. The number of furan rings is 1. The van der Waals surface area contributed by atoms with E-state index >= 15 is 0 Å². The number of aromatic nitrogens is 5. The number of carbonyl (C=O) groups excluding carboxylic acids is 1. The summed E-state index contributed by atoms with van der Waals surface area (Å²) in [7, 11) is 0. The van der Waals surface area contributed by atoms with Gasteiger partial charge in [-0.25, -0.2) is 4.98 Å². The zero-order chi connectivity index (χ0) is 24.3. The minimum absolute atomic E-state index is 0.0714. The predicted molar refractivity (Wildman–Crippen MR) is 128 cm³/mol. The Balaban J connectivity index is 1.22. The first-order valence-corrected chi connectivity index (χ1v) is 11.9. The van der Waals surface area contributed by atoms with Crippen LogP contribution in [0.25, 0.3) is 17.5 Å². The number of nitrogens with one attached hydrogen (secondary N) is 1. The number of allylic oxidation sites excluding steroid dienone is 2. The molecule has 3 aromatic heterocycles. The first-order chi connectivity index (χ1) is 17.7. The van der Waals surface area contributed by atoms with E-state index in [4.69, 9.17) is 13.6 Å². The van der Waals surface area contributed by atoms with E-state index in [2.05, 4.69) is 37.8 Å². The number of rotatable bonds is 7.